The fourth-order valence-corrected chi connectivity index (χ4v) is 3.42. The smallest absolute Gasteiger partial charge is 0.262 e. The Morgan fingerprint density at radius 1 is 1.11 bits per heavy atom. The number of nitrogens with zero attached hydrogens (tertiary/aromatic N) is 3. The summed E-state index contributed by atoms with van der Waals surface area (Å²) in [6.07, 6.45) is 0.536. The number of hydrogen-bond donors (Lipinski definition) is 0. The molecule has 7 nitrogen and oxygen atoms in total. The van der Waals surface area contributed by atoms with Crippen LogP contribution in [0.15, 0.2) is 42.5 Å². The molecule has 0 N–H and O–H groups in total. The SMILES string of the molecule is Cc1cccc(OC2CCN(C(=O)CN3C(=O)c4ccccc4C3=O)C2)n1. The van der Waals surface area contributed by atoms with Gasteiger partial charge in [0.25, 0.3) is 11.8 Å². The summed E-state index contributed by atoms with van der Waals surface area (Å²) < 4.78 is 5.85. The number of amides is 3. The van der Waals surface area contributed by atoms with E-state index in [9.17, 15) is 14.4 Å². The number of benzene rings is 1. The third kappa shape index (κ3) is 3.28. The lowest BCUT2D eigenvalue weighted by Gasteiger charge is -2.20. The first-order valence-electron chi connectivity index (χ1n) is 8.86. The lowest BCUT2D eigenvalue weighted by Crippen LogP contribution is -2.42. The van der Waals surface area contributed by atoms with Crippen molar-refractivity contribution in [3.8, 4) is 5.88 Å². The van der Waals surface area contributed by atoms with Crippen LogP contribution >= 0.6 is 0 Å². The maximum absolute atomic E-state index is 12.6. The van der Waals surface area contributed by atoms with E-state index in [4.69, 9.17) is 4.74 Å². The molecule has 2 aromatic rings. The molecule has 2 aliphatic rings. The molecule has 1 aromatic carbocycles. The summed E-state index contributed by atoms with van der Waals surface area (Å²) in [5, 5.41) is 0. The predicted octanol–water partition coefficient (Wildman–Crippen LogP) is 1.67. The molecule has 1 fully saturated rings. The van der Waals surface area contributed by atoms with E-state index in [1.54, 1.807) is 35.2 Å². The Kier molecular flexibility index (Phi) is 4.35. The van der Waals surface area contributed by atoms with E-state index in [0.717, 1.165) is 10.6 Å². The average Bonchev–Trinajstić information content (AvgIpc) is 3.21. The van der Waals surface area contributed by atoms with Gasteiger partial charge in [0.1, 0.15) is 12.6 Å². The van der Waals surface area contributed by atoms with Gasteiger partial charge in [-0.05, 0) is 25.1 Å². The summed E-state index contributed by atoms with van der Waals surface area (Å²) in [7, 11) is 0. The molecule has 1 aromatic heterocycles. The topological polar surface area (TPSA) is 79.8 Å². The standard InChI is InChI=1S/C20H19N3O4/c1-13-5-4-8-17(21-13)27-14-9-10-22(11-14)18(24)12-23-19(25)15-6-2-3-7-16(15)20(23)26/h2-8,14H,9-12H2,1H3. The molecule has 0 saturated carbocycles. The summed E-state index contributed by atoms with van der Waals surface area (Å²) in [6, 6.07) is 12.2. The van der Waals surface area contributed by atoms with Crippen molar-refractivity contribution in [1.82, 2.24) is 14.8 Å². The van der Waals surface area contributed by atoms with E-state index < -0.39 is 11.8 Å². The van der Waals surface area contributed by atoms with E-state index in [1.807, 2.05) is 19.1 Å². The van der Waals surface area contributed by atoms with Crippen molar-refractivity contribution in [3.63, 3.8) is 0 Å². The maximum Gasteiger partial charge on any atom is 0.262 e. The van der Waals surface area contributed by atoms with Crippen LogP contribution in [0.3, 0.4) is 0 Å². The van der Waals surface area contributed by atoms with Crippen molar-refractivity contribution in [2.45, 2.75) is 19.4 Å². The Balaban J connectivity index is 1.37. The van der Waals surface area contributed by atoms with Crippen LogP contribution in [0.4, 0.5) is 0 Å². The first kappa shape index (κ1) is 17.2. The minimum Gasteiger partial charge on any atom is -0.472 e. The second kappa shape index (κ2) is 6.83. The van der Waals surface area contributed by atoms with Crippen LogP contribution in [0, 0.1) is 6.92 Å². The van der Waals surface area contributed by atoms with Crippen LogP contribution in [0.25, 0.3) is 0 Å². The van der Waals surface area contributed by atoms with Crippen LogP contribution in [0.1, 0.15) is 32.8 Å². The van der Waals surface area contributed by atoms with Crippen molar-refractivity contribution >= 4 is 17.7 Å². The molecular weight excluding hydrogens is 346 g/mol. The van der Waals surface area contributed by atoms with Gasteiger partial charge < -0.3 is 9.64 Å². The number of fused-ring (bicyclic) bond motifs is 1. The van der Waals surface area contributed by atoms with Crippen molar-refractivity contribution in [1.29, 1.82) is 0 Å². The van der Waals surface area contributed by atoms with E-state index in [0.29, 0.717) is 36.5 Å². The van der Waals surface area contributed by atoms with E-state index >= 15 is 0 Å². The summed E-state index contributed by atoms with van der Waals surface area (Å²) in [4.78, 5) is 44.4. The van der Waals surface area contributed by atoms with Crippen molar-refractivity contribution in [2.75, 3.05) is 19.6 Å². The van der Waals surface area contributed by atoms with Gasteiger partial charge in [-0.3, -0.25) is 19.3 Å². The van der Waals surface area contributed by atoms with Crippen molar-refractivity contribution in [2.24, 2.45) is 0 Å². The fourth-order valence-electron chi connectivity index (χ4n) is 3.42. The summed E-state index contributed by atoms with van der Waals surface area (Å²) in [5.41, 5.74) is 1.57. The first-order valence-corrected chi connectivity index (χ1v) is 8.86. The number of likely N-dealkylation sites (tertiary alicyclic amines) is 1. The summed E-state index contributed by atoms with van der Waals surface area (Å²) in [6.45, 7) is 2.58. The third-order valence-electron chi connectivity index (χ3n) is 4.82. The Bertz CT molecular complexity index is 892. The highest BCUT2D eigenvalue weighted by Crippen LogP contribution is 2.23. The van der Waals surface area contributed by atoms with Crippen LogP contribution in [0.5, 0.6) is 5.88 Å². The van der Waals surface area contributed by atoms with E-state index in [-0.39, 0.29) is 18.6 Å². The van der Waals surface area contributed by atoms with Crippen LogP contribution in [-0.4, -0.2) is 58.2 Å². The van der Waals surface area contributed by atoms with E-state index in [2.05, 4.69) is 4.98 Å². The molecule has 3 heterocycles. The van der Waals surface area contributed by atoms with Gasteiger partial charge in [0, 0.05) is 24.7 Å². The number of carbonyl (C=O) groups excluding carboxylic acids is 3. The summed E-state index contributed by atoms with van der Waals surface area (Å²) in [5.74, 6) is -0.553. The largest absolute Gasteiger partial charge is 0.472 e. The zero-order valence-electron chi connectivity index (χ0n) is 14.9. The second-order valence-electron chi connectivity index (χ2n) is 6.73. The maximum atomic E-state index is 12.6. The highest BCUT2D eigenvalue weighted by atomic mass is 16.5. The van der Waals surface area contributed by atoms with Gasteiger partial charge in [0.05, 0.1) is 17.7 Å². The normalized spacial score (nSPS) is 18.8. The quantitative estimate of drug-likeness (QED) is 0.770. The number of carbonyl (C=O) groups is 3. The Morgan fingerprint density at radius 2 is 1.81 bits per heavy atom. The van der Waals surface area contributed by atoms with Crippen molar-refractivity contribution in [3.05, 3.63) is 59.3 Å². The molecule has 0 bridgehead atoms. The number of hydrogen-bond acceptors (Lipinski definition) is 5. The molecule has 2 aliphatic heterocycles. The van der Waals surface area contributed by atoms with Gasteiger partial charge in [-0.15, -0.1) is 0 Å². The van der Waals surface area contributed by atoms with Gasteiger partial charge in [-0.25, -0.2) is 4.98 Å². The molecule has 1 atom stereocenters. The molecular formula is C20H19N3O4. The zero-order valence-corrected chi connectivity index (χ0v) is 14.9. The first-order chi connectivity index (χ1) is 13.0. The van der Waals surface area contributed by atoms with E-state index in [1.165, 1.54) is 0 Å². The minimum atomic E-state index is -0.417. The van der Waals surface area contributed by atoms with Crippen LogP contribution in [-0.2, 0) is 4.79 Å². The summed E-state index contributed by atoms with van der Waals surface area (Å²) >= 11 is 0. The molecule has 1 saturated heterocycles. The number of aryl methyl sites for hydroxylation is 1. The molecule has 4 rings (SSSR count). The van der Waals surface area contributed by atoms with Gasteiger partial charge >= 0.3 is 0 Å². The molecule has 0 radical (unpaired) electrons. The third-order valence-corrected chi connectivity index (χ3v) is 4.82. The predicted molar refractivity (Wildman–Crippen MR) is 96.4 cm³/mol. The highest BCUT2D eigenvalue weighted by Gasteiger charge is 2.38. The molecule has 0 spiro atoms. The van der Waals surface area contributed by atoms with Gasteiger partial charge in [-0.2, -0.15) is 0 Å². The number of imide groups is 1. The number of rotatable bonds is 4. The number of aromatic nitrogens is 1. The molecule has 7 heteroatoms. The van der Waals surface area contributed by atoms with Crippen LogP contribution in [0.2, 0.25) is 0 Å². The molecule has 0 aliphatic carbocycles. The second-order valence-corrected chi connectivity index (χ2v) is 6.73. The van der Waals surface area contributed by atoms with Gasteiger partial charge in [0.15, 0.2) is 0 Å². The molecule has 3 amide bonds. The Morgan fingerprint density at radius 3 is 2.48 bits per heavy atom. The van der Waals surface area contributed by atoms with Gasteiger partial charge in [-0.1, -0.05) is 18.2 Å². The molecule has 27 heavy (non-hydrogen) atoms. The van der Waals surface area contributed by atoms with Crippen LogP contribution < -0.4 is 4.74 Å². The number of ether oxygens (including phenoxy) is 1. The van der Waals surface area contributed by atoms with Crippen molar-refractivity contribution < 1.29 is 19.1 Å². The highest BCUT2D eigenvalue weighted by molar-refractivity contribution is 6.22. The molecule has 1 unspecified atom stereocenters. The lowest BCUT2D eigenvalue weighted by atomic mass is 10.1. The monoisotopic (exact) mass is 365 g/mol. The van der Waals surface area contributed by atoms with Gasteiger partial charge in [0.2, 0.25) is 11.8 Å². The number of pyridine rings is 1. The Labute approximate surface area is 156 Å². The lowest BCUT2D eigenvalue weighted by molar-refractivity contribution is -0.130. The average molecular weight is 365 g/mol. The Hall–Kier alpha value is -3.22. The molecule has 138 valence electrons. The fraction of sp³-hybridized carbons (Fsp3) is 0.300. The minimum absolute atomic E-state index is 0.148. The zero-order chi connectivity index (χ0) is 19.0.